The summed E-state index contributed by atoms with van der Waals surface area (Å²) in [5.74, 6) is 10.1. The van der Waals surface area contributed by atoms with Crippen LogP contribution in [0, 0.1) is 132 Å². The van der Waals surface area contributed by atoms with E-state index < -0.39 is 20.0 Å². The SMILES string of the molecule is CC.CC(C)(C)C1CCN(S(C)(=O)=O)CC1.CC(C)C1(C)CCN(C(=O)CC#N)CC1.CC(C)C1(C)CCN(CCC#N)CC1.CC(C)C1(C)CCN(S(=O)(=O)c2cccnc2)CC1.CC(C)C1CCC(NCC2CC2)CC1.CC(C)C1CCC(NCc2cncn2C)CC1.CC(C)C1CCN(CC(C)(C)C#N)CC1.COCCC(=O)NC1CCC(C)CC1. The number of hydrogen-bond donors (Lipinski definition) is 3. The van der Waals surface area contributed by atoms with Crippen LogP contribution in [0.4, 0.5) is 0 Å². The number of nitrogens with one attached hydrogen (secondary N) is 3. The molecule has 714 valence electrons. The number of methoxy groups -OCH3 is 1. The van der Waals surface area contributed by atoms with E-state index >= 15 is 0 Å². The van der Waals surface area contributed by atoms with Gasteiger partial charge in [0.05, 0.1) is 48.5 Å². The van der Waals surface area contributed by atoms with Crippen LogP contribution >= 0.6 is 0 Å². The van der Waals surface area contributed by atoms with E-state index in [1.165, 1.54) is 154 Å². The molecule has 7 heterocycles. The van der Waals surface area contributed by atoms with Crippen molar-refractivity contribution in [2.24, 2.45) is 105 Å². The maximum absolute atomic E-state index is 12.5. The number of imidazole rings is 1. The molecule has 0 spiro atoms. The number of aromatic nitrogens is 3. The predicted octanol–water partition coefficient (Wildman–Crippen LogP) is 20.6. The van der Waals surface area contributed by atoms with Gasteiger partial charge < -0.3 is 40.0 Å². The Bertz CT molecular complexity index is 3570. The summed E-state index contributed by atoms with van der Waals surface area (Å²) in [6, 6.07) is 11.8. The molecule has 23 heteroatoms. The summed E-state index contributed by atoms with van der Waals surface area (Å²) in [7, 11) is -2.65. The molecule has 0 bridgehead atoms. The van der Waals surface area contributed by atoms with E-state index in [-0.39, 0.29) is 29.1 Å². The normalized spacial score (nSPS) is 23.5. The van der Waals surface area contributed by atoms with Crippen molar-refractivity contribution in [3.05, 3.63) is 42.7 Å². The van der Waals surface area contributed by atoms with Gasteiger partial charge in [-0.3, -0.25) is 14.6 Å². The van der Waals surface area contributed by atoms with E-state index in [0.29, 0.717) is 96.6 Å². The van der Waals surface area contributed by atoms with Crippen molar-refractivity contribution in [1.82, 2.24) is 53.8 Å². The minimum Gasteiger partial charge on any atom is -0.384 e. The lowest BCUT2D eigenvalue weighted by Gasteiger charge is -2.42. The topological polar surface area (TPSA) is 266 Å². The van der Waals surface area contributed by atoms with Crippen LogP contribution in [0.15, 0.2) is 41.9 Å². The quantitative estimate of drug-likeness (QED) is 0.0882. The van der Waals surface area contributed by atoms with Crippen molar-refractivity contribution in [1.29, 1.82) is 15.8 Å². The molecular weight excluding hydrogens is 1590 g/mol. The Kier molecular flexibility index (Phi) is 52.1. The Morgan fingerprint density at radius 3 is 1.44 bits per heavy atom. The largest absolute Gasteiger partial charge is 0.384 e. The van der Waals surface area contributed by atoms with Gasteiger partial charge in [-0.15, -0.1) is 0 Å². The van der Waals surface area contributed by atoms with Gasteiger partial charge in [0.25, 0.3) is 0 Å². The zero-order valence-corrected chi connectivity index (χ0v) is 85.5. The van der Waals surface area contributed by atoms with Crippen LogP contribution in [0.2, 0.25) is 0 Å². The van der Waals surface area contributed by atoms with Crippen molar-refractivity contribution >= 4 is 31.9 Å². The molecular formula is C101H186N14O7S2. The van der Waals surface area contributed by atoms with Gasteiger partial charge in [-0.2, -0.15) is 20.1 Å². The fourth-order valence-electron chi connectivity index (χ4n) is 18.3. The summed E-state index contributed by atoms with van der Waals surface area (Å²) >= 11 is 0. The summed E-state index contributed by atoms with van der Waals surface area (Å²) in [6.07, 6.45) is 39.4. The molecule has 0 radical (unpaired) electrons. The molecule has 2 amide bonds. The van der Waals surface area contributed by atoms with Crippen LogP contribution in [0.5, 0.6) is 0 Å². The summed E-state index contributed by atoms with van der Waals surface area (Å²) in [5.41, 5.74) is 2.54. The molecule has 9 fully saturated rings. The summed E-state index contributed by atoms with van der Waals surface area (Å²) in [6.45, 7) is 65.2. The maximum atomic E-state index is 12.5. The first-order valence-electron chi connectivity index (χ1n) is 49.2. The zero-order chi connectivity index (χ0) is 93.2. The van der Waals surface area contributed by atoms with E-state index in [9.17, 15) is 26.4 Å². The molecule has 0 atom stereocenters. The number of amides is 2. The maximum Gasteiger partial charge on any atom is 0.244 e. The number of ether oxygens (including phenoxy) is 1. The lowest BCUT2D eigenvalue weighted by molar-refractivity contribution is -0.132. The average molecular weight is 1770 g/mol. The minimum absolute atomic E-state index is 0.0108. The highest BCUT2D eigenvalue weighted by Gasteiger charge is 2.40. The number of hydrogen-bond acceptors (Lipinski definition) is 16. The first kappa shape index (κ1) is 114. The molecule has 21 nitrogen and oxygen atoms in total. The van der Waals surface area contributed by atoms with Crippen molar-refractivity contribution in [2.75, 3.05) is 105 Å². The van der Waals surface area contributed by atoms with E-state index in [1.54, 1.807) is 34.0 Å². The molecule has 124 heavy (non-hydrogen) atoms. The Labute approximate surface area is 761 Å². The number of carbonyl (C=O) groups excluding carboxylic acids is 2. The highest BCUT2D eigenvalue weighted by molar-refractivity contribution is 7.89. The molecule has 11 rings (SSSR count). The fourth-order valence-corrected chi connectivity index (χ4v) is 20.6. The number of aryl methyl sites for hydroxylation is 1. The number of nitriles is 3. The Balaban J connectivity index is 0.000000365. The van der Waals surface area contributed by atoms with Gasteiger partial charge in [0.1, 0.15) is 11.3 Å². The monoisotopic (exact) mass is 1770 g/mol. The van der Waals surface area contributed by atoms with E-state index in [2.05, 4.69) is 191 Å². The molecule has 0 aromatic carbocycles. The number of pyridine rings is 1. The Morgan fingerprint density at radius 1 is 0.573 bits per heavy atom. The highest BCUT2D eigenvalue weighted by atomic mass is 32.2. The van der Waals surface area contributed by atoms with E-state index in [4.69, 9.17) is 20.5 Å². The van der Waals surface area contributed by atoms with Gasteiger partial charge in [-0.25, -0.2) is 26.1 Å². The minimum atomic E-state index is -3.37. The number of sulfonamides is 2. The van der Waals surface area contributed by atoms with Gasteiger partial charge in [0.2, 0.25) is 31.9 Å². The molecule has 4 saturated carbocycles. The Hall–Kier alpha value is -4.61. The molecule has 2 aromatic heterocycles. The van der Waals surface area contributed by atoms with Crippen LogP contribution in [0.25, 0.3) is 0 Å². The van der Waals surface area contributed by atoms with Crippen molar-refractivity contribution in [3.8, 4) is 18.2 Å². The molecule has 2 aromatic rings. The second kappa shape index (κ2) is 56.9. The van der Waals surface area contributed by atoms with Crippen LogP contribution in [0.3, 0.4) is 0 Å². The summed E-state index contributed by atoms with van der Waals surface area (Å²) < 4.78 is 57.6. The molecule has 0 unspecified atom stereocenters. The third-order valence-corrected chi connectivity index (χ3v) is 33.4. The van der Waals surface area contributed by atoms with Crippen molar-refractivity contribution in [3.63, 3.8) is 0 Å². The summed E-state index contributed by atoms with van der Waals surface area (Å²) in [4.78, 5) is 37.9. The fraction of sp³-hybridized carbons (Fsp3) is 0.871. The number of nitrogens with zero attached hydrogens (tertiary/aromatic N) is 11. The van der Waals surface area contributed by atoms with Crippen LogP contribution < -0.4 is 16.0 Å². The van der Waals surface area contributed by atoms with Gasteiger partial charge in [-0.05, 0) is 305 Å². The molecule has 3 N–H and O–H groups in total. The number of carbonyl (C=O) groups is 2. The first-order valence-corrected chi connectivity index (χ1v) is 52.5. The van der Waals surface area contributed by atoms with Crippen LogP contribution in [-0.4, -0.2) is 190 Å². The second-order valence-corrected chi connectivity index (χ2v) is 46.8. The smallest absolute Gasteiger partial charge is 0.244 e. The number of piperidine rings is 5. The summed E-state index contributed by atoms with van der Waals surface area (Å²) in [5, 5.41) is 36.4. The molecule has 5 aliphatic heterocycles. The molecule has 9 aliphatic rings. The molecule has 5 saturated heterocycles. The Morgan fingerprint density at radius 2 is 1.04 bits per heavy atom. The third kappa shape index (κ3) is 42.5. The molecule has 4 aliphatic carbocycles. The average Bonchev–Trinajstić information content (AvgIpc) is 1.69. The zero-order valence-electron chi connectivity index (χ0n) is 83.9. The van der Waals surface area contributed by atoms with Crippen molar-refractivity contribution in [2.45, 2.75) is 362 Å². The van der Waals surface area contributed by atoms with Gasteiger partial charge >= 0.3 is 0 Å². The number of likely N-dealkylation sites (tertiary alicyclic amines) is 3. The standard InChI is InChI=1S/C14H25N3.C14H22N2O2S.C13H24N2.C13H25N.C12H20N2O.C12H22N2.C11H21NO2.C10H21NO2S.C2H6/c1-11(2)12-4-6-13(7-5-12)16-9-14-8-15-10-17(14)3;1-12(2)14(3)6-9-16(10-7-14)19(17,18)13-5-4-8-15-11-13;1-11(2)12-5-7-15(8-6-12)10-13(3,4)9-14;1-10(2)12-5-7-13(8-6-12)14-9-11-3-4-11;1-10(2)12(3)5-8-14(9-6-12)11(15)4-7-13;1-11(2)12(3)5-9-14(10-6-12)8-4-7-13;1-9-3-5-10(6-4-9)12-11(13)7-8-14-2;1-10(2,3)9-5-7-11(8-6-9)14(4,12)13;1-2/h8,10-13,16H,4-7,9H2,1-3H3;4-5,8,11-12H,6-7,9-10H2,1-3H3;11-12H,5-8,10H2,1-4H3;10-14H,3-9H2,1-2H3;10H,4-6,8-9H2,1-3H3;11H,4-6,8-10H2,1-3H3;9-10H,3-8H2,1-2H3,(H,12,13);9H,5-8H2,1-4H3;1-2H3. The van der Waals surface area contributed by atoms with Crippen molar-refractivity contribution < 1.29 is 31.2 Å². The van der Waals surface area contributed by atoms with E-state index in [1.807, 2.05) is 51.2 Å². The van der Waals surface area contributed by atoms with Gasteiger partial charge in [0, 0.05) is 123 Å². The van der Waals surface area contributed by atoms with Crippen LogP contribution in [0.1, 0.15) is 338 Å². The predicted molar refractivity (Wildman–Crippen MR) is 514 cm³/mol. The first-order chi connectivity index (χ1) is 58.2. The lowest BCUT2D eigenvalue weighted by atomic mass is 9.72. The number of rotatable bonds is 24. The van der Waals surface area contributed by atoms with Crippen LogP contribution in [-0.2, 0) is 48.0 Å². The lowest BCUT2D eigenvalue weighted by Crippen LogP contribution is -2.43. The second-order valence-electron chi connectivity index (χ2n) is 42.8. The van der Waals surface area contributed by atoms with E-state index in [0.717, 1.165) is 143 Å². The third-order valence-electron chi connectivity index (χ3n) is 30.2. The van der Waals surface area contributed by atoms with Gasteiger partial charge in [0.15, 0.2) is 0 Å². The highest BCUT2D eigenvalue weighted by Crippen LogP contribution is 2.42. The van der Waals surface area contributed by atoms with Gasteiger partial charge in [-0.1, -0.05) is 145 Å².